The lowest BCUT2D eigenvalue weighted by atomic mass is 10.1. The molecule has 9 heteroatoms. The third-order valence-corrected chi connectivity index (χ3v) is 6.38. The molecule has 1 aliphatic heterocycles. The van der Waals surface area contributed by atoms with Crippen molar-refractivity contribution in [3.05, 3.63) is 60.2 Å². The molecule has 0 saturated carbocycles. The second-order valence-electron chi connectivity index (χ2n) is 7.81. The van der Waals surface area contributed by atoms with Crippen LogP contribution < -0.4 is 14.8 Å². The molecule has 0 spiro atoms. The predicted molar refractivity (Wildman–Crippen MR) is 132 cm³/mol. The summed E-state index contributed by atoms with van der Waals surface area (Å²) in [5, 5.41) is 12.1. The number of aromatic nitrogens is 2. The van der Waals surface area contributed by atoms with Crippen LogP contribution in [0.25, 0.3) is 16.6 Å². The Labute approximate surface area is 202 Å². The van der Waals surface area contributed by atoms with Crippen LogP contribution in [0.2, 0.25) is 0 Å². The van der Waals surface area contributed by atoms with E-state index < -0.39 is 0 Å². The number of fused-ring (bicyclic) bond motifs is 1. The molecule has 3 aromatic rings. The van der Waals surface area contributed by atoms with Gasteiger partial charge in [-0.25, -0.2) is 0 Å². The average Bonchev–Trinajstić information content (AvgIpc) is 3.52. The van der Waals surface area contributed by atoms with Crippen molar-refractivity contribution < 1.29 is 19.1 Å². The maximum Gasteiger partial charge on any atom is 0.246 e. The Bertz CT molecular complexity index is 1180. The van der Waals surface area contributed by atoms with E-state index in [1.165, 1.54) is 11.3 Å². The third-order valence-electron chi connectivity index (χ3n) is 5.49. The number of amides is 2. The molecular weight excluding hydrogens is 452 g/mol. The molecule has 1 unspecified atom stereocenters. The molecular formula is C25H26N4O4S. The molecule has 2 heterocycles. The fourth-order valence-corrected chi connectivity index (χ4v) is 4.18. The largest absolute Gasteiger partial charge is 0.454 e. The first-order valence-electron chi connectivity index (χ1n) is 11.1. The van der Waals surface area contributed by atoms with Crippen LogP contribution in [-0.2, 0) is 9.59 Å². The number of hydrogen-bond acceptors (Lipinski definition) is 7. The van der Waals surface area contributed by atoms with E-state index in [0.29, 0.717) is 28.2 Å². The second-order valence-corrected chi connectivity index (χ2v) is 8.79. The van der Waals surface area contributed by atoms with Gasteiger partial charge in [0.2, 0.25) is 23.7 Å². The molecule has 1 atom stereocenters. The minimum atomic E-state index is -0.221. The van der Waals surface area contributed by atoms with Crippen LogP contribution in [0, 0.1) is 0 Å². The SMILES string of the molecule is CCC(C)N(CCC(=O)Nc1nnc(-c2ccc3c(c2)OCO3)s1)C(=O)/C=C/c1ccccc1. The molecule has 0 fully saturated rings. The number of ether oxygens (including phenoxy) is 2. The van der Waals surface area contributed by atoms with E-state index in [2.05, 4.69) is 15.5 Å². The molecule has 4 rings (SSSR count). The van der Waals surface area contributed by atoms with E-state index >= 15 is 0 Å². The summed E-state index contributed by atoms with van der Waals surface area (Å²) in [7, 11) is 0. The second kappa shape index (κ2) is 10.9. The minimum absolute atomic E-state index is 0.0138. The molecule has 1 aromatic heterocycles. The monoisotopic (exact) mass is 478 g/mol. The molecule has 1 N–H and O–H groups in total. The van der Waals surface area contributed by atoms with Gasteiger partial charge < -0.3 is 19.7 Å². The molecule has 2 aromatic carbocycles. The first-order chi connectivity index (χ1) is 16.5. The first-order valence-corrected chi connectivity index (χ1v) is 11.9. The predicted octanol–water partition coefficient (Wildman–Crippen LogP) is 4.60. The number of nitrogens with zero attached hydrogens (tertiary/aromatic N) is 3. The van der Waals surface area contributed by atoms with E-state index in [4.69, 9.17) is 9.47 Å². The quantitative estimate of drug-likeness (QED) is 0.452. The van der Waals surface area contributed by atoms with Gasteiger partial charge in [0.15, 0.2) is 11.5 Å². The lowest BCUT2D eigenvalue weighted by Crippen LogP contribution is -2.39. The van der Waals surface area contributed by atoms with Crippen LogP contribution in [0.15, 0.2) is 54.6 Å². The van der Waals surface area contributed by atoms with Gasteiger partial charge in [0.25, 0.3) is 0 Å². The van der Waals surface area contributed by atoms with Crippen molar-refractivity contribution in [2.45, 2.75) is 32.7 Å². The number of benzene rings is 2. The van der Waals surface area contributed by atoms with Crippen molar-refractivity contribution in [1.82, 2.24) is 15.1 Å². The Balaban J connectivity index is 1.34. The number of hydrogen-bond donors (Lipinski definition) is 1. The lowest BCUT2D eigenvalue weighted by molar-refractivity contribution is -0.128. The molecule has 1 aliphatic rings. The highest BCUT2D eigenvalue weighted by Crippen LogP contribution is 2.37. The Morgan fingerprint density at radius 2 is 1.94 bits per heavy atom. The Hall–Kier alpha value is -3.72. The van der Waals surface area contributed by atoms with Crippen LogP contribution in [0.1, 0.15) is 32.3 Å². The summed E-state index contributed by atoms with van der Waals surface area (Å²) in [4.78, 5) is 27.1. The zero-order chi connectivity index (χ0) is 23.9. The maximum atomic E-state index is 12.8. The average molecular weight is 479 g/mol. The van der Waals surface area contributed by atoms with Gasteiger partial charge in [-0.2, -0.15) is 0 Å². The standard InChI is InChI=1S/C25H26N4O4S/c1-3-17(2)29(23(31)12-9-18-7-5-4-6-8-18)14-13-22(30)26-25-28-27-24(34-25)19-10-11-20-21(15-19)33-16-32-20/h4-12,15,17H,3,13-14,16H2,1-2H3,(H,26,28,30)/b12-9+. The molecule has 176 valence electrons. The van der Waals surface area contributed by atoms with Crippen molar-refractivity contribution in [1.29, 1.82) is 0 Å². The van der Waals surface area contributed by atoms with Gasteiger partial charge >= 0.3 is 0 Å². The van der Waals surface area contributed by atoms with Crippen molar-refractivity contribution in [3.63, 3.8) is 0 Å². The van der Waals surface area contributed by atoms with Gasteiger partial charge in [0.05, 0.1) is 0 Å². The van der Waals surface area contributed by atoms with Crippen molar-refractivity contribution in [3.8, 4) is 22.1 Å². The normalized spacial score (nSPS) is 13.1. The Morgan fingerprint density at radius 1 is 1.15 bits per heavy atom. The van der Waals surface area contributed by atoms with Crippen molar-refractivity contribution >= 4 is 34.4 Å². The minimum Gasteiger partial charge on any atom is -0.454 e. The van der Waals surface area contributed by atoms with Gasteiger partial charge in [0.1, 0.15) is 5.01 Å². The van der Waals surface area contributed by atoms with E-state index in [0.717, 1.165) is 17.5 Å². The summed E-state index contributed by atoms with van der Waals surface area (Å²) in [6.07, 6.45) is 4.30. The fraction of sp³-hybridized carbons (Fsp3) is 0.280. The highest BCUT2D eigenvalue weighted by molar-refractivity contribution is 7.18. The van der Waals surface area contributed by atoms with Gasteiger partial charge in [-0.3, -0.25) is 9.59 Å². The summed E-state index contributed by atoms with van der Waals surface area (Å²) >= 11 is 1.27. The highest BCUT2D eigenvalue weighted by atomic mass is 32.1. The summed E-state index contributed by atoms with van der Waals surface area (Å²) in [6.45, 7) is 4.51. The topological polar surface area (TPSA) is 93.7 Å². The zero-order valence-corrected chi connectivity index (χ0v) is 19.9. The molecule has 34 heavy (non-hydrogen) atoms. The van der Waals surface area contributed by atoms with Gasteiger partial charge in [-0.1, -0.05) is 48.6 Å². The van der Waals surface area contributed by atoms with E-state index in [9.17, 15) is 9.59 Å². The third kappa shape index (κ3) is 5.79. The van der Waals surface area contributed by atoms with Crippen molar-refractivity contribution in [2.24, 2.45) is 0 Å². The first kappa shape index (κ1) is 23.4. The van der Waals surface area contributed by atoms with Gasteiger partial charge in [0, 0.05) is 30.6 Å². The molecule has 0 aliphatic carbocycles. The summed E-state index contributed by atoms with van der Waals surface area (Å²) < 4.78 is 10.7. The van der Waals surface area contributed by atoms with Crippen LogP contribution in [-0.4, -0.2) is 46.3 Å². The number of carbonyl (C=O) groups is 2. The molecule has 8 nitrogen and oxygen atoms in total. The lowest BCUT2D eigenvalue weighted by Gasteiger charge is -2.27. The van der Waals surface area contributed by atoms with Crippen molar-refractivity contribution in [2.75, 3.05) is 18.7 Å². The van der Waals surface area contributed by atoms with Crippen LogP contribution in [0.4, 0.5) is 5.13 Å². The Kier molecular flexibility index (Phi) is 7.54. The molecule has 0 radical (unpaired) electrons. The highest BCUT2D eigenvalue weighted by Gasteiger charge is 2.19. The molecule has 2 amide bonds. The summed E-state index contributed by atoms with van der Waals surface area (Å²) in [6, 6.07) is 15.2. The van der Waals surface area contributed by atoms with Crippen LogP contribution in [0.5, 0.6) is 11.5 Å². The van der Waals surface area contributed by atoms with Crippen LogP contribution in [0.3, 0.4) is 0 Å². The van der Waals surface area contributed by atoms with E-state index in [-0.39, 0.29) is 31.1 Å². The number of carbonyl (C=O) groups excluding carboxylic acids is 2. The summed E-state index contributed by atoms with van der Waals surface area (Å²) in [5.41, 5.74) is 1.79. The van der Waals surface area contributed by atoms with E-state index in [1.807, 2.05) is 62.4 Å². The fourth-order valence-electron chi connectivity index (χ4n) is 3.42. The molecule has 0 bridgehead atoms. The van der Waals surface area contributed by atoms with Crippen LogP contribution >= 0.6 is 11.3 Å². The zero-order valence-electron chi connectivity index (χ0n) is 19.1. The number of anilines is 1. The summed E-state index contributed by atoms with van der Waals surface area (Å²) in [5.74, 6) is 1.02. The Morgan fingerprint density at radius 3 is 2.74 bits per heavy atom. The van der Waals surface area contributed by atoms with Gasteiger partial charge in [-0.15, -0.1) is 10.2 Å². The maximum absolute atomic E-state index is 12.8. The smallest absolute Gasteiger partial charge is 0.246 e. The molecule has 0 saturated heterocycles. The number of nitrogens with one attached hydrogen (secondary N) is 1. The van der Waals surface area contributed by atoms with Gasteiger partial charge in [-0.05, 0) is 43.2 Å². The van der Waals surface area contributed by atoms with E-state index in [1.54, 1.807) is 17.1 Å². The number of rotatable bonds is 9.